The quantitative estimate of drug-likeness (QED) is 0.844. The molecule has 0 saturated carbocycles. The zero-order valence-corrected chi connectivity index (χ0v) is 10.2. The number of aryl methyl sites for hydroxylation is 1. The van der Waals surface area contributed by atoms with Crippen LogP contribution >= 0.6 is 0 Å². The highest BCUT2D eigenvalue weighted by atomic mass is 16.3. The summed E-state index contributed by atoms with van der Waals surface area (Å²) in [5.74, 6) is 0.450. The van der Waals surface area contributed by atoms with E-state index in [0.29, 0.717) is 5.92 Å². The highest BCUT2D eigenvalue weighted by molar-refractivity contribution is 5.49. The molecule has 0 aromatic heterocycles. The van der Waals surface area contributed by atoms with E-state index in [4.69, 9.17) is 0 Å². The lowest BCUT2D eigenvalue weighted by molar-refractivity contribution is 0.143. The smallest absolute Gasteiger partial charge is 0.0760 e. The second-order valence-corrected chi connectivity index (χ2v) is 4.86. The van der Waals surface area contributed by atoms with Crippen LogP contribution in [0.1, 0.15) is 25.3 Å². The third-order valence-corrected chi connectivity index (χ3v) is 3.43. The van der Waals surface area contributed by atoms with Crippen LogP contribution in [0.5, 0.6) is 0 Å². The number of aliphatic hydroxyl groups excluding tert-OH is 1. The Balaban J connectivity index is 2.07. The van der Waals surface area contributed by atoms with Crippen molar-refractivity contribution < 1.29 is 5.11 Å². The molecule has 1 saturated heterocycles. The number of rotatable bonds is 3. The summed E-state index contributed by atoms with van der Waals surface area (Å²) in [5, 5.41) is 9.98. The lowest BCUT2D eigenvalue weighted by Crippen LogP contribution is -2.20. The van der Waals surface area contributed by atoms with Crippen LogP contribution in [0.3, 0.4) is 0 Å². The van der Waals surface area contributed by atoms with E-state index >= 15 is 0 Å². The number of hydrogen-bond acceptors (Lipinski definition) is 2. The van der Waals surface area contributed by atoms with Gasteiger partial charge < -0.3 is 10.0 Å². The first kappa shape index (κ1) is 11.5. The highest BCUT2D eigenvalue weighted by Crippen LogP contribution is 2.27. The van der Waals surface area contributed by atoms with Crippen LogP contribution in [0, 0.1) is 12.8 Å². The summed E-state index contributed by atoms with van der Waals surface area (Å²) in [4.78, 5) is 2.30. The van der Waals surface area contributed by atoms with Gasteiger partial charge in [0.25, 0.3) is 0 Å². The monoisotopic (exact) mass is 219 g/mol. The molecule has 16 heavy (non-hydrogen) atoms. The molecule has 1 aromatic carbocycles. The predicted molar refractivity (Wildman–Crippen MR) is 67.8 cm³/mol. The topological polar surface area (TPSA) is 23.5 Å². The van der Waals surface area contributed by atoms with Gasteiger partial charge in [0.1, 0.15) is 0 Å². The maximum Gasteiger partial charge on any atom is 0.0760 e. The summed E-state index contributed by atoms with van der Waals surface area (Å²) in [6.45, 7) is 6.08. The minimum absolute atomic E-state index is 0.152. The van der Waals surface area contributed by atoms with Gasteiger partial charge in [-0.15, -0.1) is 0 Å². The van der Waals surface area contributed by atoms with Crippen LogP contribution in [0.4, 0.5) is 5.69 Å². The third kappa shape index (κ3) is 2.38. The van der Waals surface area contributed by atoms with E-state index < -0.39 is 0 Å². The maximum atomic E-state index is 9.98. The first-order valence-corrected chi connectivity index (χ1v) is 6.20. The molecule has 1 N–H and O–H groups in total. The van der Waals surface area contributed by atoms with Crippen molar-refractivity contribution in [3.8, 4) is 0 Å². The van der Waals surface area contributed by atoms with Gasteiger partial charge in [-0.2, -0.15) is 0 Å². The van der Waals surface area contributed by atoms with Crippen LogP contribution in [-0.4, -0.2) is 24.3 Å². The Morgan fingerprint density at radius 1 is 1.38 bits per heavy atom. The van der Waals surface area contributed by atoms with Gasteiger partial charge in [0.15, 0.2) is 0 Å². The summed E-state index contributed by atoms with van der Waals surface area (Å²) >= 11 is 0. The molecule has 0 amide bonds. The molecular weight excluding hydrogens is 198 g/mol. The van der Waals surface area contributed by atoms with Crippen LogP contribution in [0.15, 0.2) is 24.3 Å². The van der Waals surface area contributed by atoms with E-state index in [9.17, 15) is 5.11 Å². The summed E-state index contributed by atoms with van der Waals surface area (Å²) < 4.78 is 0. The Morgan fingerprint density at radius 2 is 2.19 bits per heavy atom. The Morgan fingerprint density at radius 3 is 2.88 bits per heavy atom. The summed E-state index contributed by atoms with van der Waals surface area (Å²) in [7, 11) is 0. The van der Waals surface area contributed by atoms with Crippen molar-refractivity contribution in [2.45, 2.75) is 32.8 Å². The molecule has 0 spiro atoms. The number of benzene rings is 1. The van der Waals surface area contributed by atoms with E-state index in [0.717, 1.165) is 25.9 Å². The molecule has 1 aliphatic rings. The van der Waals surface area contributed by atoms with Crippen LogP contribution < -0.4 is 4.90 Å². The fourth-order valence-corrected chi connectivity index (χ4v) is 2.54. The van der Waals surface area contributed by atoms with E-state index in [-0.39, 0.29) is 6.10 Å². The number of anilines is 1. The normalized spacial score (nSPS) is 25.1. The summed E-state index contributed by atoms with van der Waals surface area (Å²) in [6, 6.07) is 8.53. The van der Waals surface area contributed by atoms with Gasteiger partial charge in [0.2, 0.25) is 0 Å². The minimum atomic E-state index is -0.152. The van der Waals surface area contributed by atoms with Gasteiger partial charge in [-0.05, 0) is 31.0 Å². The van der Waals surface area contributed by atoms with Crippen molar-refractivity contribution in [1.29, 1.82) is 0 Å². The summed E-state index contributed by atoms with van der Waals surface area (Å²) in [5.41, 5.74) is 2.53. The van der Waals surface area contributed by atoms with Gasteiger partial charge in [0.05, 0.1) is 6.10 Å². The highest BCUT2D eigenvalue weighted by Gasteiger charge is 2.30. The average molecular weight is 219 g/mol. The van der Waals surface area contributed by atoms with E-state index in [1.165, 1.54) is 11.3 Å². The second-order valence-electron chi connectivity index (χ2n) is 4.86. The number of nitrogens with zero attached hydrogens (tertiary/aromatic N) is 1. The standard InChI is InChI=1S/C14H21NO/c1-3-5-12-9-15(10-14(12)16)13-7-4-6-11(2)8-13/h4,6-8,12,14,16H,3,5,9-10H2,1-2H3. The van der Waals surface area contributed by atoms with E-state index in [1.807, 2.05) is 0 Å². The van der Waals surface area contributed by atoms with Gasteiger partial charge in [0, 0.05) is 24.7 Å². The lowest BCUT2D eigenvalue weighted by atomic mass is 10.0. The predicted octanol–water partition coefficient (Wildman–Crippen LogP) is 2.59. The Hall–Kier alpha value is -1.02. The third-order valence-electron chi connectivity index (χ3n) is 3.43. The molecule has 2 unspecified atom stereocenters. The van der Waals surface area contributed by atoms with Gasteiger partial charge in [-0.25, -0.2) is 0 Å². The molecule has 1 aliphatic heterocycles. The molecule has 0 radical (unpaired) electrons. The number of β-amino-alcohol motifs (C(OH)–C–C–N with tert-alkyl or cyclic N) is 1. The molecular formula is C14H21NO. The molecule has 2 atom stereocenters. The molecule has 2 nitrogen and oxygen atoms in total. The van der Waals surface area contributed by atoms with Crippen molar-refractivity contribution in [2.24, 2.45) is 5.92 Å². The molecule has 1 aromatic rings. The lowest BCUT2D eigenvalue weighted by Gasteiger charge is -2.18. The molecule has 88 valence electrons. The molecule has 0 aliphatic carbocycles. The van der Waals surface area contributed by atoms with Crippen LogP contribution in [-0.2, 0) is 0 Å². The first-order chi connectivity index (χ1) is 7.70. The van der Waals surface area contributed by atoms with Crippen LogP contribution in [0.2, 0.25) is 0 Å². The van der Waals surface area contributed by atoms with Crippen molar-refractivity contribution in [3.63, 3.8) is 0 Å². The SMILES string of the molecule is CCCC1CN(c2cccc(C)c2)CC1O. The zero-order valence-electron chi connectivity index (χ0n) is 10.2. The molecule has 2 heteroatoms. The van der Waals surface area contributed by atoms with Crippen molar-refractivity contribution in [2.75, 3.05) is 18.0 Å². The summed E-state index contributed by atoms with van der Waals surface area (Å²) in [6.07, 6.45) is 2.13. The van der Waals surface area contributed by atoms with Crippen molar-refractivity contribution in [3.05, 3.63) is 29.8 Å². The van der Waals surface area contributed by atoms with Gasteiger partial charge >= 0.3 is 0 Å². The fraction of sp³-hybridized carbons (Fsp3) is 0.571. The largest absolute Gasteiger partial charge is 0.391 e. The van der Waals surface area contributed by atoms with Gasteiger partial charge in [-0.1, -0.05) is 25.5 Å². The fourth-order valence-electron chi connectivity index (χ4n) is 2.54. The minimum Gasteiger partial charge on any atom is -0.391 e. The number of aliphatic hydroxyl groups is 1. The Kier molecular flexibility index (Phi) is 3.49. The zero-order chi connectivity index (χ0) is 11.5. The second kappa shape index (κ2) is 4.88. The number of hydrogen-bond donors (Lipinski definition) is 1. The first-order valence-electron chi connectivity index (χ1n) is 6.20. The van der Waals surface area contributed by atoms with Crippen LogP contribution in [0.25, 0.3) is 0 Å². The molecule has 1 fully saturated rings. The average Bonchev–Trinajstić information content (AvgIpc) is 2.61. The molecule has 1 heterocycles. The van der Waals surface area contributed by atoms with E-state index in [1.54, 1.807) is 0 Å². The Labute approximate surface area is 97.9 Å². The van der Waals surface area contributed by atoms with Gasteiger partial charge in [-0.3, -0.25) is 0 Å². The maximum absolute atomic E-state index is 9.98. The molecule has 0 bridgehead atoms. The van der Waals surface area contributed by atoms with Crippen molar-refractivity contribution >= 4 is 5.69 Å². The molecule has 2 rings (SSSR count). The van der Waals surface area contributed by atoms with E-state index in [2.05, 4.69) is 43.0 Å². The Bertz CT molecular complexity index is 350. The van der Waals surface area contributed by atoms with Crippen molar-refractivity contribution in [1.82, 2.24) is 0 Å².